The van der Waals surface area contributed by atoms with Crippen molar-refractivity contribution in [2.24, 2.45) is 7.05 Å². The topological polar surface area (TPSA) is 85.9 Å². The second kappa shape index (κ2) is 5.44. The van der Waals surface area contributed by atoms with E-state index in [9.17, 15) is 10.1 Å². The second-order valence-corrected chi connectivity index (χ2v) is 5.05. The molecule has 3 aromatic rings. The molecule has 0 aliphatic heterocycles. The molecule has 0 amide bonds. The van der Waals surface area contributed by atoms with Crippen molar-refractivity contribution in [1.82, 2.24) is 14.5 Å². The molecule has 2 heterocycles. The molecule has 0 aliphatic carbocycles. The van der Waals surface area contributed by atoms with Crippen LogP contribution in [-0.2, 0) is 13.6 Å². The lowest BCUT2D eigenvalue weighted by Crippen LogP contribution is -2.08. The van der Waals surface area contributed by atoms with E-state index in [0.717, 1.165) is 22.4 Å². The molecule has 0 atom stereocenters. The maximum Gasteiger partial charge on any atom is 0.287 e. The van der Waals surface area contributed by atoms with Gasteiger partial charge in [-0.15, -0.1) is 0 Å². The molecule has 7 nitrogen and oxygen atoms in total. The van der Waals surface area contributed by atoms with Crippen molar-refractivity contribution in [2.75, 3.05) is 5.32 Å². The Balaban J connectivity index is 1.82. The molecule has 0 spiro atoms. The van der Waals surface area contributed by atoms with E-state index in [4.69, 9.17) is 0 Å². The molecule has 1 N–H and O–H groups in total. The van der Waals surface area contributed by atoms with Crippen LogP contribution in [0.1, 0.15) is 11.4 Å². The maximum atomic E-state index is 10.7. The van der Waals surface area contributed by atoms with Gasteiger partial charge in [0.15, 0.2) is 0 Å². The van der Waals surface area contributed by atoms with Crippen LogP contribution < -0.4 is 5.32 Å². The van der Waals surface area contributed by atoms with E-state index in [1.165, 1.54) is 12.3 Å². The molecule has 3 rings (SSSR count). The molecule has 2 aromatic heterocycles. The molecular weight excluding hydrogens is 282 g/mol. The molecule has 7 heteroatoms. The fourth-order valence-electron chi connectivity index (χ4n) is 2.36. The number of nitrogens with one attached hydrogen (secondary N) is 1. The van der Waals surface area contributed by atoms with Crippen molar-refractivity contribution in [3.05, 3.63) is 58.0 Å². The van der Waals surface area contributed by atoms with E-state index in [1.807, 2.05) is 35.9 Å². The monoisotopic (exact) mass is 297 g/mol. The molecule has 0 radical (unpaired) electrons. The molecule has 0 bridgehead atoms. The summed E-state index contributed by atoms with van der Waals surface area (Å²) in [6.07, 6.45) is 1.25. The number of aromatic nitrogens is 3. The molecular formula is C15H15N5O2. The van der Waals surface area contributed by atoms with Gasteiger partial charge < -0.3 is 9.88 Å². The summed E-state index contributed by atoms with van der Waals surface area (Å²) in [6.45, 7) is 2.29. The van der Waals surface area contributed by atoms with Gasteiger partial charge in [0.05, 0.1) is 22.5 Å². The Morgan fingerprint density at radius 1 is 1.36 bits per heavy atom. The van der Waals surface area contributed by atoms with E-state index in [-0.39, 0.29) is 5.69 Å². The smallest absolute Gasteiger partial charge is 0.287 e. The Morgan fingerprint density at radius 2 is 2.14 bits per heavy atom. The van der Waals surface area contributed by atoms with Crippen molar-refractivity contribution in [3.63, 3.8) is 0 Å². The number of fused-ring (bicyclic) bond motifs is 1. The Kier molecular flexibility index (Phi) is 3.46. The van der Waals surface area contributed by atoms with Crippen molar-refractivity contribution < 1.29 is 4.92 Å². The Bertz CT molecular complexity index is 856. The van der Waals surface area contributed by atoms with Gasteiger partial charge in [0.2, 0.25) is 0 Å². The number of nitro groups is 1. The number of para-hydroxylation sites is 2. The van der Waals surface area contributed by atoms with Gasteiger partial charge in [-0.2, -0.15) is 0 Å². The minimum absolute atomic E-state index is 0.00854. The number of anilines is 1. The van der Waals surface area contributed by atoms with Gasteiger partial charge in [0.1, 0.15) is 17.8 Å². The van der Waals surface area contributed by atoms with Crippen molar-refractivity contribution in [1.29, 1.82) is 0 Å². The summed E-state index contributed by atoms with van der Waals surface area (Å²) in [5, 5.41) is 13.9. The lowest BCUT2D eigenvalue weighted by molar-refractivity contribution is -0.385. The van der Waals surface area contributed by atoms with Crippen LogP contribution in [0.15, 0.2) is 36.5 Å². The first-order valence-corrected chi connectivity index (χ1v) is 6.81. The number of imidazole rings is 1. The molecule has 0 unspecified atom stereocenters. The zero-order chi connectivity index (χ0) is 15.7. The third-order valence-electron chi connectivity index (χ3n) is 3.57. The SMILES string of the molecule is Cc1cc([N+](=O)[O-])cnc1NCc1nc2ccccc2n1C. The molecule has 22 heavy (non-hydrogen) atoms. The van der Waals surface area contributed by atoms with Gasteiger partial charge in [-0.25, -0.2) is 9.97 Å². The lowest BCUT2D eigenvalue weighted by atomic mass is 10.2. The Labute approximate surface area is 126 Å². The number of pyridine rings is 1. The number of benzene rings is 1. The van der Waals surface area contributed by atoms with E-state index in [2.05, 4.69) is 15.3 Å². The third kappa shape index (κ3) is 2.48. The van der Waals surface area contributed by atoms with Crippen molar-refractivity contribution in [2.45, 2.75) is 13.5 Å². The standard InChI is InChI=1S/C15H15N5O2/c1-10-7-11(20(21)22)8-16-15(10)17-9-14-18-12-5-3-4-6-13(12)19(14)2/h3-8H,9H2,1-2H3,(H,16,17). The summed E-state index contributed by atoms with van der Waals surface area (Å²) in [5.41, 5.74) is 2.72. The largest absolute Gasteiger partial charge is 0.363 e. The summed E-state index contributed by atoms with van der Waals surface area (Å²) in [4.78, 5) is 18.9. The van der Waals surface area contributed by atoms with Gasteiger partial charge in [-0.05, 0) is 24.6 Å². The predicted molar refractivity (Wildman–Crippen MR) is 83.7 cm³/mol. The van der Waals surface area contributed by atoms with E-state index in [1.54, 1.807) is 6.92 Å². The molecule has 0 aliphatic rings. The van der Waals surface area contributed by atoms with Crippen LogP contribution in [0, 0.1) is 17.0 Å². The highest BCUT2D eigenvalue weighted by molar-refractivity contribution is 5.75. The molecule has 0 saturated heterocycles. The normalized spacial score (nSPS) is 10.8. The highest BCUT2D eigenvalue weighted by Crippen LogP contribution is 2.19. The summed E-state index contributed by atoms with van der Waals surface area (Å²) in [6, 6.07) is 9.41. The summed E-state index contributed by atoms with van der Waals surface area (Å²) < 4.78 is 2.02. The van der Waals surface area contributed by atoms with Gasteiger partial charge >= 0.3 is 0 Å². The fraction of sp³-hybridized carbons (Fsp3) is 0.200. The number of aryl methyl sites for hydroxylation is 2. The first-order valence-electron chi connectivity index (χ1n) is 6.81. The van der Waals surface area contributed by atoms with Crippen LogP contribution >= 0.6 is 0 Å². The first-order chi connectivity index (χ1) is 10.6. The fourth-order valence-corrected chi connectivity index (χ4v) is 2.36. The summed E-state index contributed by atoms with van der Waals surface area (Å²) >= 11 is 0. The van der Waals surface area contributed by atoms with Crippen molar-refractivity contribution >= 4 is 22.5 Å². The number of hydrogen-bond acceptors (Lipinski definition) is 5. The van der Waals surface area contributed by atoms with Gasteiger partial charge in [0, 0.05) is 13.1 Å². The highest BCUT2D eigenvalue weighted by Gasteiger charge is 2.11. The third-order valence-corrected chi connectivity index (χ3v) is 3.57. The zero-order valence-electron chi connectivity index (χ0n) is 12.3. The first kappa shape index (κ1) is 14.0. The quantitative estimate of drug-likeness (QED) is 0.591. The number of rotatable bonds is 4. The second-order valence-electron chi connectivity index (χ2n) is 5.05. The average molecular weight is 297 g/mol. The molecule has 0 saturated carbocycles. The summed E-state index contributed by atoms with van der Waals surface area (Å²) in [5.74, 6) is 1.50. The van der Waals surface area contributed by atoms with Crippen molar-refractivity contribution in [3.8, 4) is 0 Å². The number of hydrogen-bond donors (Lipinski definition) is 1. The predicted octanol–water partition coefficient (Wildman–Crippen LogP) is 2.80. The van der Waals surface area contributed by atoms with Gasteiger partial charge in [-0.3, -0.25) is 10.1 Å². The van der Waals surface area contributed by atoms with Crippen LogP contribution in [-0.4, -0.2) is 19.5 Å². The van der Waals surface area contributed by atoms with Crippen LogP contribution in [0.4, 0.5) is 11.5 Å². The van der Waals surface area contributed by atoms with Gasteiger partial charge in [-0.1, -0.05) is 12.1 Å². The molecule has 112 valence electrons. The van der Waals surface area contributed by atoms with Crippen LogP contribution in [0.25, 0.3) is 11.0 Å². The maximum absolute atomic E-state index is 10.7. The average Bonchev–Trinajstić information content (AvgIpc) is 2.83. The minimum Gasteiger partial charge on any atom is -0.363 e. The lowest BCUT2D eigenvalue weighted by Gasteiger charge is -2.08. The highest BCUT2D eigenvalue weighted by atomic mass is 16.6. The van der Waals surface area contributed by atoms with E-state index < -0.39 is 4.92 Å². The van der Waals surface area contributed by atoms with E-state index in [0.29, 0.717) is 12.4 Å². The zero-order valence-corrected chi connectivity index (χ0v) is 12.3. The van der Waals surface area contributed by atoms with Crippen LogP contribution in [0.5, 0.6) is 0 Å². The van der Waals surface area contributed by atoms with Gasteiger partial charge in [0.25, 0.3) is 5.69 Å². The minimum atomic E-state index is -0.449. The summed E-state index contributed by atoms with van der Waals surface area (Å²) in [7, 11) is 1.96. The Hall–Kier alpha value is -2.96. The molecule has 1 aromatic carbocycles. The Morgan fingerprint density at radius 3 is 2.82 bits per heavy atom. The van der Waals surface area contributed by atoms with Crippen LogP contribution in [0.2, 0.25) is 0 Å². The van der Waals surface area contributed by atoms with Crippen LogP contribution in [0.3, 0.4) is 0 Å². The molecule has 0 fully saturated rings. The number of nitrogens with zero attached hydrogens (tertiary/aromatic N) is 4. The van der Waals surface area contributed by atoms with E-state index >= 15 is 0 Å².